The van der Waals surface area contributed by atoms with E-state index in [0.29, 0.717) is 11.4 Å². The van der Waals surface area contributed by atoms with Crippen molar-refractivity contribution in [3.63, 3.8) is 0 Å². The molecule has 1 rings (SSSR count). The minimum atomic E-state index is -0.360. The molecule has 4 heteroatoms. The second kappa shape index (κ2) is 5.00. The third-order valence-corrected chi connectivity index (χ3v) is 2.36. The van der Waals surface area contributed by atoms with Gasteiger partial charge in [0.2, 0.25) is 5.91 Å². The molecule has 0 saturated carbocycles. The molecule has 0 fully saturated rings. The second-order valence-electron chi connectivity index (χ2n) is 3.08. The lowest BCUT2D eigenvalue weighted by molar-refractivity contribution is -0.118. The first-order chi connectivity index (χ1) is 6.63. The molecule has 0 bridgehead atoms. The molecule has 1 unspecified atom stereocenters. The van der Waals surface area contributed by atoms with Crippen molar-refractivity contribution in [3.05, 3.63) is 30.1 Å². The van der Waals surface area contributed by atoms with Crippen LogP contribution in [0.4, 0.5) is 10.1 Å². The first kappa shape index (κ1) is 11.0. The third kappa shape index (κ3) is 3.03. The Morgan fingerprint density at radius 1 is 1.64 bits per heavy atom. The molecule has 1 aromatic carbocycles. The summed E-state index contributed by atoms with van der Waals surface area (Å²) in [6, 6.07) is 5.81. The fraction of sp³-hybridized carbons (Fsp3) is 0.300. The van der Waals surface area contributed by atoms with Crippen LogP contribution in [0.15, 0.2) is 24.3 Å². The van der Waals surface area contributed by atoms with Gasteiger partial charge in [0.15, 0.2) is 0 Å². The summed E-state index contributed by atoms with van der Waals surface area (Å²) in [5.74, 6) is -0.213. The Labute approximate surface area is 87.9 Å². The first-order valence-corrected chi connectivity index (χ1v) is 4.94. The van der Waals surface area contributed by atoms with Gasteiger partial charge in [-0.15, -0.1) is 0 Å². The highest BCUT2D eigenvalue weighted by Crippen LogP contribution is 2.10. The summed E-state index contributed by atoms with van der Waals surface area (Å²) in [5, 5.41) is 2.61. The normalized spacial score (nSPS) is 12.2. The van der Waals surface area contributed by atoms with Gasteiger partial charge >= 0.3 is 0 Å². The van der Waals surface area contributed by atoms with Crippen LogP contribution in [-0.4, -0.2) is 11.7 Å². The maximum absolute atomic E-state index is 12.7. The van der Waals surface area contributed by atoms with Gasteiger partial charge in [-0.05, 0) is 18.2 Å². The molecule has 1 aromatic rings. The van der Waals surface area contributed by atoms with Crippen molar-refractivity contribution < 1.29 is 9.18 Å². The van der Waals surface area contributed by atoms with Crippen LogP contribution in [0.25, 0.3) is 0 Å². The van der Waals surface area contributed by atoms with E-state index in [0.717, 1.165) is 0 Å². The SMILES string of the molecule is CC(CS)C(=O)Nc1cccc(F)c1. The molecule has 14 heavy (non-hydrogen) atoms. The molecule has 0 aliphatic rings. The number of carbonyl (C=O) groups excluding carboxylic acids is 1. The van der Waals surface area contributed by atoms with E-state index in [4.69, 9.17) is 0 Å². The maximum atomic E-state index is 12.7. The van der Waals surface area contributed by atoms with Crippen molar-refractivity contribution in [2.75, 3.05) is 11.1 Å². The average molecular weight is 213 g/mol. The quantitative estimate of drug-likeness (QED) is 0.741. The predicted octanol–water partition coefficient (Wildman–Crippen LogP) is 2.33. The summed E-state index contributed by atoms with van der Waals surface area (Å²) in [4.78, 5) is 11.4. The summed E-state index contributed by atoms with van der Waals surface area (Å²) >= 11 is 4.01. The summed E-state index contributed by atoms with van der Waals surface area (Å²) in [5.41, 5.74) is 0.476. The number of benzene rings is 1. The lowest BCUT2D eigenvalue weighted by Gasteiger charge is -2.09. The van der Waals surface area contributed by atoms with Gasteiger partial charge in [0.1, 0.15) is 5.82 Å². The summed E-state index contributed by atoms with van der Waals surface area (Å²) in [6.07, 6.45) is 0. The van der Waals surface area contributed by atoms with Crippen LogP contribution < -0.4 is 5.32 Å². The van der Waals surface area contributed by atoms with Gasteiger partial charge in [-0.3, -0.25) is 4.79 Å². The molecule has 76 valence electrons. The van der Waals surface area contributed by atoms with Gasteiger partial charge < -0.3 is 5.32 Å². The van der Waals surface area contributed by atoms with Crippen molar-refractivity contribution in [2.24, 2.45) is 5.92 Å². The standard InChI is InChI=1S/C10H12FNOS/c1-7(6-14)10(13)12-9-4-2-3-8(11)5-9/h2-5,7,14H,6H2,1H3,(H,12,13). The van der Waals surface area contributed by atoms with Crippen LogP contribution in [0.1, 0.15) is 6.92 Å². The molecule has 0 aliphatic carbocycles. The number of thiol groups is 1. The van der Waals surface area contributed by atoms with Gasteiger partial charge in [0.25, 0.3) is 0 Å². The molecule has 1 atom stereocenters. The Balaban J connectivity index is 2.65. The lowest BCUT2D eigenvalue weighted by Crippen LogP contribution is -2.21. The van der Waals surface area contributed by atoms with Crippen LogP contribution in [-0.2, 0) is 4.79 Å². The second-order valence-corrected chi connectivity index (χ2v) is 3.45. The van der Waals surface area contributed by atoms with Gasteiger partial charge in [0.05, 0.1) is 0 Å². The average Bonchev–Trinajstić information content (AvgIpc) is 2.16. The minimum absolute atomic E-state index is 0.148. The number of hydrogen-bond donors (Lipinski definition) is 2. The monoisotopic (exact) mass is 213 g/mol. The number of halogens is 1. The molecule has 0 saturated heterocycles. The highest BCUT2D eigenvalue weighted by Gasteiger charge is 2.10. The fourth-order valence-corrected chi connectivity index (χ4v) is 1.08. The van der Waals surface area contributed by atoms with E-state index in [2.05, 4.69) is 17.9 Å². The largest absolute Gasteiger partial charge is 0.326 e. The van der Waals surface area contributed by atoms with Crippen LogP contribution >= 0.6 is 12.6 Å². The molecule has 0 aromatic heterocycles. The zero-order valence-electron chi connectivity index (χ0n) is 7.83. The van der Waals surface area contributed by atoms with Gasteiger partial charge in [-0.25, -0.2) is 4.39 Å². The Kier molecular flexibility index (Phi) is 3.95. The molecule has 1 amide bonds. The minimum Gasteiger partial charge on any atom is -0.326 e. The van der Waals surface area contributed by atoms with E-state index in [1.54, 1.807) is 19.1 Å². The highest BCUT2D eigenvalue weighted by molar-refractivity contribution is 7.80. The van der Waals surface area contributed by atoms with E-state index in [1.165, 1.54) is 12.1 Å². The molecule has 0 radical (unpaired) electrons. The van der Waals surface area contributed by atoms with E-state index >= 15 is 0 Å². The Bertz CT molecular complexity index is 330. The molecule has 0 heterocycles. The molecular formula is C10H12FNOS. The number of rotatable bonds is 3. The molecule has 1 N–H and O–H groups in total. The molecule has 0 spiro atoms. The van der Waals surface area contributed by atoms with Crippen molar-refractivity contribution in [2.45, 2.75) is 6.92 Å². The van der Waals surface area contributed by atoms with Gasteiger partial charge in [-0.1, -0.05) is 13.0 Å². The first-order valence-electron chi connectivity index (χ1n) is 4.30. The summed E-state index contributed by atoms with van der Waals surface area (Å²) < 4.78 is 12.7. The third-order valence-electron chi connectivity index (χ3n) is 1.81. The molecular weight excluding hydrogens is 201 g/mol. The van der Waals surface area contributed by atoms with Crippen LogP contribution in [0.3, 0.4) is 0 Å². The van der Waals surface area contributed by atoms with Gasteiger partial charge in [-0.2, -0.15) is 12.6 Å². The van der Waals surface area contributed by atoms with Crippen molar-refractivity contribution in [3.8, 4) is 0 Å². The lowest BCUT2D eigenvalue weighted by atomic mass is 10.2. The zero-order valence-corrected chi connectivity index (χ0v) is 8.72. The Morgan fingerprint density at radius 3 is 2.93 bits per heavy atom. The van der Waals surface area contributed by atoms with Crippen LogP contribution in [0.5, 0.6) is 0 Å². The van der Waals surface area contributed by atoms with Crippen molar-refractivity contribution in [1.82, 2.24) is 0 Å². The molecule has 2 nitrogen and oxygen atoms in total. The highest BCUT2D eigenvalue weighted by atomic mass is 32.1. The molecule has 0 aliphatic heterocycles. The number of nitrogens with one attached hydrogen (secondary N) is 1. The number of carbonyl (C=O) groups is 1. The Morgan fingerprint density at radius 2 is 2.36 bits per heavy atom. The maximum Gasteiger partial charge on any atom is 0.228 e. The predicted molar refractivity (Wildman–Crippen MR) is 58.0 cm³/mol. The number of hydrogen-bond acceptors (Lipinski definition) is 2. The van der Waals surface area contributed by atoms with E-state index < -0.39 is 0 Å². The van der Waals surface area contributed by atoms with E-state index in [1.807, 2.05) is 0 Å². The zero-order chi connectivity index (χ0) is 10.6. The smallest absolute Gasteiger partial charge is 0.228 e. The van der Waals surface area contributed by atoms with Crippen LogP contribution in [0.2, 0.25) is 0 Å². The Hall–Kier alpha value is -1.03. The fourth-order valence-electron chi connectivity index (χ4n) is 0.915. The number of amides is 1. The van der Waals surface area contributed by atoms with Crippen molar-refractivity contribution in [1.29, 1.82) is 0 Å². The van der Waals surface area contributed by atoms with Crippen molar-refractivity contribution >= 4 is 24.2 Å². The van der Waals surface area contributed by atoms with E-state index in [-0.39, 0.29) is 17.6 Å². The topological polar surface area (TPSA) is 29.1 Å². The number of anilines is 1. The summed E-state index contributed by atoms with van der Waals surface area (Å²) in [6.45, 7) is 1.77. The summed E-state index contributed by atoms with van der Waals surface area (Å²) in [7, 11) is 0. The van der Waals surface area contributed by atoms with E-state index in [9.17, 15) is 9.18 Å². The van der Waals surface area contributed by atoms with Crippen LogP contribution in [0, 0.1) is 11.7 Å². The van der Waals surface area contributed by atoms with Gasteiger partial charge in [0, 0.05) is 17.4 Å².